The van der Waals surface area contributed by atoms with Crippen LogP contribution in [0.2, 0.25) is 0 Å². The molecule has 3 heterocycles. The van der Waals surface area contributed by atoms with Gasteiger partial charge in [-0.25, -0.2) is 22.2 Å². The van der Waals surface area contributed by atoms with Crippen LogP contribution in [0.4, 0.5) is 8.78 Å². The summed E-state index contributed by atoms with van der Waals surface area (Å²) in [7, 11) is -3.99. The SMILES string of the molecule is CC(C)OC(=O)C[C@@H]1C(=O)N2C[C@H](Oc3ncc(OCC(F)F)c4ccccc34)C[C@H]2C(=O)C[C@]2(C(=O)NS(=O)(=O)C3(C)CC3)C[C@H]2/C=C\CC[C@H](C)C[C@H]1C. The fraction of sp³-hybridized carbons (Fsp3) is 0.634. The van der Waals surface area contributed by atoms with Crippen molar-refractivity contribution in [1.82, 2.24) is 14.6 Å². The van der Waals surface area contributed by atoms with E-state index >= 15 is 0 Å². The number of carbonyl (C=O) groups excluding carboxylic acids is 4. The van der Waals surface area contributed by atoms with Gasteiger partial charge >= 0.3 is 5.97 Å². The monoisotopic (exact) mass is 801 g/mol. The Hall–Kier alpha value is -4.14. The van der Waals surface area contributed by atoms with Crippen LogP contribution in [0.15, 0.2) is 42.6 Å². The second-order valence-corrected chi connectivity index (χ2v) is 19.0. The first-order chi connectivity index (χ1) is 26.4. The van der Waals surface area contributed by atoms with Crippen molar-refractivity contribution >= 4 is 44.4 Å². The second kappa shape index (κ2) is 16.4. The number of esters is 1. The quantitative estimate of drug-likeness (QED) is 0.206. The third kappa shape index (κ3) is 9.02. The number of carbonyl (C=O) groups is 4. The number of allylic oxidation sites excluding steroid dienone is 2. The highest BCUT2D eigenvalue weighted by Gasteiger charge is 2.62. The minimum absolute atomic E-state index is 0.0345. The minimum Gasteiger partial charge on any atom is -0.485 e. The van der Waals surface area contributed by atoms with E-state index in [0.717, 1.165) is 6.42 Å². The van der Waals surface area contributed by atoms with Crippen LogP contribution in [0.25, 0.3) is 10.8 Å². The van der Waals surface area contributed by atoms with Crippen LogP contribution in [-0.2, 0) is 33.9 Å². The number of ether oxygens (including phenoxy) is 3. The molecule has 2 aliphatic carbocycles. The van der Waals surface area contributed by atoms with Gasteiger partial charge in [0.1, 0.15) is 18.5 Å². The Morgan fingerprint density at radius 2 is 1.80 bits per heavy atom. The lowest BCUT2D eigenvalue weighted by Gasteiger charge is -2.32. The molecule has 6 rings (SSSR count). The van der Waals surface area contributed by atoms with Gasteiger partial charge in [-0.3, -0.25) is 23.9 Å². The van der Waals surface area contributed by atoms with Crippen molar-refractivity contribution in [1.29, 1.82) is 0 Å². The number of hydrogen-bond donors (Lipinski definition) is 1. The molecular weight excluding hydrogens is 749 g/mol. The predicted molar refractivity (Wildman–Crippen MR) is 203 cm³/mol. The zero-order valence-electron chi connectivity index (χ0n) is 32.7. The molecule has 0 unspecified atom stereocenters. The minimum atomic E-state index is -3.99. The van der Waals surface area contributed by atoms with E-state index in [1.165, 1.54) is 11.1 Å². The molecule has 306 valence electrons. The molecule has 4 aliphatic rings. The molecule has 15 heteroatoms. The second-order valence-electron chi connectivity index (χ2n) is 16.8. The molecule has 0 bridgehead atoms. The van der Waals surface area contributed by atoms with Gasteiger partial charge in [-0.15, -0.1) is 0 Å². The molecule has 7 atom stereocenters. The van der Waals surface area contributed by atoms with E-state index in [1.807, 2.05) is 19.1 Å². The van der Waals surface area contributed by atoms with Crippen LogP contribution in [0.5, 0.6) is 11.6 Å². The van der Waals surface area contributed by atoms with E-state index in [0.29, 0.717) is 36.5 Å². The molecule has 1 aromatic heterocycles. The molecule has 1 aromatic carbocycles. The average molecular weight is 802 g/mol. The molecule has 2 aliphatic heterocycles. The summed E-state index contributed by atoms with van der Waals surface area (Å²) in [6.45, 7) is 8.21. The lowest BCUT2D eigenvalue weighted by Crippen LogP contribution is -2.48. The molecule has 3 fully saturated rings. The van der Waals surface area contributed by atoms with E-state index in [1.54, 1.807) is 45.0 Å². The Morgan fingerprint density at radius 3 is 2.48 bits per heavy atom. The van der Waals surface area contributed by atoms with Gasteiger partial charge in [-0.05, 0) is 83.1 Å². The molecule has 56 heavy (non-hydrogen) atoms. The van der Waals surface area contributed by atoms with Crippen molar-refractivity contribution in [2.75, 3.05) is 13.2 Å². The maximum absolute atomic E-state index is 14.8. The number of benzene rings is 1. The summed E-state index contributed by atoms with van der Waals surface area (Å²) in [5.74, 6) is -3.05. The smallest absolute Gasteiger partial charge is 0.306 e. The Kier molecular flexibility index (Phi) is 12.1. The van der Waals surface area contributed by atoms with E-state index in [9.17, 15) is 36.4 Å². The summed E-state index contributed by atoms with van der Waals surface area (Å²) in [6.07, 6.45) is 4.14. The molecule has 0 radical (unpaired) electrons. The summed E-state index contributed by atoms with van der Waals surface area (Å²) in [4.78, 5) is 62.3. The number of nitrogens with one attached hydrogen (secondary N) is 1. The standard InChI is InChI=1S/C41H53F2N3O9S/c1-24(2)54-36(48)18-31-26(4)16-25(3)10-6-7-11-27-19-41(27,39(50)45-56(51,52)40(5)14-15-40)20-33(47)32-17-28(22-46(32)38(31)49)55-37-30-13-9-8-12-29(30)34(21-44-37)53-23-35(42)43/h7-9,11-13,21,24-28,31-32,35H,6,10,14-20,22-23H2,1-5H3,(H,45,50)/b11-7-/t25-,26+,27+,28+,31-,32-,41+/m0/s1. The normalized spacial score (nSPS) is 29.8. The van der Waals surface area contributed by atoms with Crippen molar-refractivity contribution < 1.29 is 50.6 Å². The third-order valence-electron chi connectivity index (χ3n) is 11.9. The maximum Gasteiger partial charge on any atom is 0.306 e. The van der Waals surface area contributed by atoms with E-state index in [2.05, 4.69) is 16.6 Å². The van der Waals surface area contributed by atoms with Gasteiger partial charge in [-0.1, -0.05) is 44.2 Å². The van der Waals surface area contributed by atoms with E-state index < -0.39 is 81.0 Å². The number of hydrogen-bond acceptors (Lipinski definition) is 10. The summed E-state index contributed by atoms with van der Waals surface area (Å²) >= 11 is 0. The molecule has 1 saturated heterocycles. The summed E-state index contributed by atoms with van der Waals surface area (Å²) < 4.78 is 70.9. The highest BCUT2D eigenvalue weighted by molar-refractivity contribution is 7.91. The zero-order chi connectivity index (χ0) is 40.6. The zero-order valence-corrected chi connectivity index (χ0v) is 33.5. The average Bonchev–Trinajstić information content (AvgIpc) is 4.01. The fourth-order valence-electron chi connectivity index (χ4n) is 8.24. The largest absolute Gasteiger partial charge is 0.485 e. The Bertz CT molecular complexity index is 1970. The summed E-state index contributed by atoms with van der Waals surface area (Å²) in [5.41, 5.74) is -1.31. The van der Waals surface area contributed by atoms with Crippen LogP contribution in [0.1, 0.15) is 92.4 Å². The van der Waals surface area contributed by atoms with Crippen molar-refractivity contribution in [2.24, 2.45) is 29.1 Å². The third-order valence-corrected chi connectivity index (χ3v) is 14.1. The fourth-order valence-corrected chi connectivity index (χ4v) is 9.57. The van der Waals surface area contributed by atoms with Gasteiger partial charge in [0.25, 0.3) is 6.43 Å². The molecule has 2 saturated carbocycles. The van der Waals surface area contributed by atoms with Gasteiger partial charge in [0, 0.05) is 23.6 Å². The van der Waals surface area contributed by atoms with Crippen LogP contribution in [0, 0.1) is 29.1 Å². The topological polar surface area (TPSA) is 158 Å². The first-order valence-corrected chi connectivity index (χ1v) is 21.1. The van der Waals surface area contributed by atoms with E-state index in [-0.39, 0.29) is 61.6 Å². The van der Waals surface area contributed by atoms with Crippen molar-refractivity contribution in [3.63, 3.8) is 0 Å². The molecule has 1 N–H and O–H groups in total. The number of fused-ring (bicyclic) bond motifs is 3. The first-order valence-electron chi connectivity index (χ1n) is 19.6. The number of nitrogens with zero attached hydrogens (tertiary/aromatic N) is 2. The number of rotatable bonds is 11. The number of halogens is 2. The van der Waals surface area contributed by atoms with Gasteiger partial charge in [0.2, 0.25) is 27.7 Å². The summed E-state index contributed by atoms with van der Waals surface area (Å²) in [6, 6.07) is 5.79. The number of sulfonamides is 1. The van der Waals surface area contributed by atoms with Crippen LogP contribution < -0.4 is 14.2 Å². The van der Waals surface area contributed by atoms with E-state index in [4.69, 9.17) is 14.2 Å². The van der Waals surface area contributed by atoms with Gasteiger partial charge in [-0.2, -0.15) is 0 Å². The molecule has 12 nitrogen and oxygen atoms in total. The summed E-state index contributed by atoms with van der Waals surface area (Å²) in [5, 5.41) is 0.965. The van der Waals surface area contributed by atoms with Crippen LogP contribution >= 0.6 is 0 Å². The highest BCUT2D eigenvalue weighted by atomic mass is 32.2. The number of amides is 2. The lowest BCUT2D eigenvalue weighted by molar-refractivity contribution is -0.154. The predicted octanol–water partition coefficient (Wildman–Crippen LogP) is 6.16. The maximum atomic E-state index is 14.8. The van der Waals surface area contributed by atoms with Crippen LogP contribution in [-0.4, -0.2) is 84.4 Å². The highest BCUT2D eigenvalue weighted by Crippen LogP contribution is 2.57. The number of aromatic nitrogens is 1. The number of alkyl halides is 2. The van der Waals surface area contributed by atoms with Crippen molar-refractivity contribution in [3.8, 4) is 11.6 Å². The Labute approximate surface area is 327 Å². The Balaban J connectivity index is 1.34. The van der Waals surface area contributed by atoms with Crippen LogP contribution in [0.3, 0.4) is 0 Å². The number of pyridine rings is 1. The number of ketones is 1. The van der Waals surface area contributed by atoms with Gasteiger partial charge in [0.05, 0.1) is 47.4 Å². The number of Topliss-reactive ketones (excluding diaryl/α,β-unsaturated/α-hetero) is 1. The molecule has 2 amide bonds. The van der Waals surface area contributed by atoms with Gasteiger partial charge in [0.15, 0.2) is 5.78 Å². The van der Waals surface area contributed by atoms with Crippen molar-refractivity contribution in [3.05, 3.63) is 42.6 Å². The van der Waals surface area contributed by atoms with Gasteiger partial charge < -0.3 is 19.1 Å². The molecular formula is C41H53F2N3O9S. The van der Waals surface area contributed by atoms with Crippen molar-refractivity contribution in [2.45, 2.75) is 122 Å². The Morgan fingerprint density at radius 1 is 1.09 bits per heavy atom. The molecule has 2 aromatic rings. The first kappa shape index (κ1) is 41.5. The molecule has 0 spiro atoms. The lowest BCUT2D eigenvalue weighted by atomic mass is 9.82.